The third-order valence-corrected chi connectivity index (χ3v) is 4.04. The van der Waals surface area contributed by atoms with E-state index in [0.29, 0.717) is 0 Å². The van der Waals surface area contributed by atoms with Crippen molar-refractivity contribution in [3.63, 3.8) is 0 Å². The van der Waals surface area contributed by atoms with Gasteiger partial charge < -0.3 is 23.7 Å². The van der Waals surface area contributed by atoms with E-state index in [1.54, 1.807) is 76.2 Å². The maximum absolute atomic E-state index is 13.5. The van der Waals surface area contributed by atoms with E-state index < -0.39 is 52.8 Å². The van der Waals surface area contributed by atoms with Crippen molar-refractivity contribution in [2.24, 2.45) is 10.8 Å². The van der Waals surface area contributed by atoms with Gasteiger partial charge in [0.2, 0.25) is 0 Å². The van der Waals surface area contributed by atoms with E-state index in [2.05, 4.69) is 0 Å². The summed E-state index contributed by atoms with van der Waals surface area (Å²) in [6, 6.07) is 0. The molecule has 0 saturated heterocycles. The van der Waals surface area contributed by atoms with E-state index in [0.717, 1.165) is 0 Å². The van der Waals surface area contributed by atoms with Crippen molar-refractivity contribution < 1.29 is 38.1 Å². The molecule has 31 heavy (non-hydrogen) atoms. The fourth-order valence-corrected chi connectivity index (χ4v) is 2.54. The molecule has 0 aromatic heterocycles. The first-order valence-corrected chi connectivity index (χ1v) is 10.8. The predicted molar refractivity (Wildman–Crippen MR) is 116 cm³/mol. The SMILES string of the molecule is CC(C)OCC(C)(C(=O)C(=O)OC(=O)C(C)(C)C)C(OC(C)C)(OC(C)C)OC(C)C. The lowest BCUT2D eigenvalue weighted by Gasteiger charge is -2.47. The van der Waals surface area contributed by atoms with Gasteiger partial charge >= 0.3 is 11.9 Å². The first-order valence-electron chi connectivity index (χ1n) is 10.8. The van der Waals surface area contributed by atoms with Crippen LogP contribution in [0.3, 0.4) is 0 Å². The second-order valence-corrected chi connectivity index (χ2v) is 10.0. The van der Waals surface area contributed by atoms with E-state index in [1.807, 2.05) is 0 Å². The summed E-state index contributed by atoms with van der Waals surface area (Å²) in [5.74, 6) is -5.12. The molecular weight excluding hydrogens is 404 g/mol. The Morgan fingerprint density at radius 1 is 0.677 bits per heavy atom. The molecule has 8 nitrogen and oxygen atoms in total. The molecule has 0 amide bonds. The number of hydrogen-bond donors (Lipinski definition) is 0. The second kappa shape index (κ2) is 11.5. The van der Waals surface area contributed by atoms with E-state index in [4.69, 9.17) is 23.7 Å². The van der Waals surface area contributed by atoms with Crippen LogP contribution in [0.4, 0.5) is 0 Å². The fraction of sp³-hybridized carbons (Fsp3) is 0.870. The summed E-state index contributed by atoms with van der Waals surface area (Å²) in [6.45, 7) is 20.1. The van der Waals surface area contributed by atoms with Crippen LogP contribution in [0.15, 0.2) is 0 Å². The zero-order chi connectivity index (χ0) is 24.8. The highest BCUT2D eigenvalue weighted by Crippen LogP contribution is 2.42. The number of esters is 2. The number of Topliss-reactive ketones (excluding diaryl/α,β-unsaturated/α-hetero) is 1. The molecule has 8 heteroatoms. The van der Waals surface area contributed by atoms with Gasteiger partial charge in [-0.05, 0) is 83.1 Å². The van der Waals surface area contributed by atoms with Gasteiger partial charge in [0.05, 0.1) is 36.4 Å². The molecule has 0 aliphatic rings. The highest BCUT2D eigenvalue weighted by molar-refractivity contribution is 6.37. The maximum atomic E-state index is 13.5. The lowest BCUT2D eigenvalue weighted by molar-refractivity contribution is -0.447. The number of ether oxygens (including phenoxy) is 5. The van der Waals surface area contributed by atoms with Crippen molar-refractivity contribution >= 4 is 17.7 Å². The molecule has 1 atom stereocenters. The fourth-order valence-electron chi connectivity index (χ4n) is 2.54. The van der Waals surface area contributed by atoms with Crippen molar-refractivity contribution in [1.29, 1.82) is 0 Å². The zero-order valence-corrected chi connectivity index (χ0v) is 21.3. The number of hydrogen-bond acceptors (Lipinski definition) is 8. The molecule has 0 radical (unpaired) electrons. The van der Waals surface area contributed by atoms with Crippen LogP contribution in [0.1, 0.15) is 83.1 Å². The first kappa shape index (κ1) is 29.7. The molecule has 182 valence electrons. The largest absolute Gasteiger partial charge is 0.387 e. The van der Waals surface area contributed by atoms with Gasteiger partial charge in [-0.3, -0.25) is 9.59 Å². The topological polar surface area (TPSA) is 97.4 Å². The van der Waals surface area contributed by atoms with E-state index in [1.165, 1.54) is 6.92 Å². The van der Waals surface area contributed by atoms with Gasteiger partial charge in [-0.15, -0.1) is 0 Å². The summed E-state index contributed by atoms with van der Waals surface area (Å²) >= 11 is 0. The Hall–Kier alpha value is -1.35. The summed E-state index contributed by atoms with van der Waals surface area (Å²) in [5.41, 5.74) is -2.74. The standard InChI is InChI=1S/C23H42O8/c1-14(2)27-13-22(12,18(24)19(25)28-20(26)21(9,10)11)23(29-15(3)4,30-16(5)6)31-17(7)8/h14-17H,13H2,1-12H3. The molecule has 1 unspecified atom stereocenters. The average Bonchev–Trinajstić information content (AvgIpc) is 2.55. The third-order valence-electron chi connectivity index (χ3n) is 4.04. The molecule has 0 heterocycles. The highest BCUT2D eigenvalue weighted by Gasteiger charge is 2.61. The van der Waals surface area contributed by atoms with Crippen LogP contribution < -0.4 is 0 Å². The zero-order valence-electron chi connectivity index (χ0n) is 21.3. The molecular formula is C23H42O8. The summed E-state index contributed by atoms with van der Waals surface area (Å²) in [4.78, 5) is 38.5. The molecule has 0 aliphatic heterocycles. The molecule has 0 aromatic carbocycles. The lowest BCUT2D eigenvalue weighted by atomic mass is 9.82. The molecule has 0 rings (SSSR count). The van der Waals surface area contributed by atoms with Crippen LogP contribution in [0.25, 0.3) is 0 Å². The Balaban J connectivity index is 6.54. The molecule has 0 aliphatic carbocycles. The predicted octanol–water partition coefficient (Wildman–Crippen LogP) is 4.03. The van der Waals surface area contributed by atoms with Crippen molar-refractivity contribution in [3.05, 3.63) is 0 Å². The maximum Gasteiger partial charge on any atom is 0.383 e. The van der Waals surface area contributed by atoms with Gasteiger partial charge in [0.25, 0.3) is 11.8 Å². The minimum atomic E-state index is -1.96. The van der Waals surface area contributed by atoms with E-state index >= 15 is 0 Å². The van der Waals surface area contributed by atoms with Gasteiger partial charge in [-0.1, -0.05) is 0 Å². The van der Waals surface area contributed by atoms with Crippen LogP contribution in [0, 0.1) is 10.8 Å². The smallest absolute Gasteiger partial charge is 0.383 e. The lowest BCUT2D eigenvalue weighted by Crippen LogP contribution is -2.63. The van der Waals surface area contributed by atoms with Gasteiger partial charge in [0.15, 0.2) is 0 Å². The number of carbonyl (C=O) groups excluding carboxylic acids is 3. The summed E-state index contributed by atoms with van der Waals surface area (Å²) < 4.78 is 28.8. The summed E-state index contributed by atoms with van der Waals surface area (Å²) in [5, 5.41) is 0. The molecule has 0 N–H and O–H groups in total. The van der Waals surface area contributed by atoms with Crippen molar-refractivity contribution in [2.45, 2.75) is 113 Å². The number of rotatable bonds is 12. The van der Waals surface area contributed by atoms with Crippen LogP contribution in [0.5, 0.6) is 0 Å². The van der Waals surface area contributed by atoms with Gasteiger partial charge in [-0.2, -0.15) is 0 Å². The van der Waals surface area contributed by atoms with Crippen molar-refractivity contribution in [3.8, 4) is 0 Å². The Labute approximate surface area is 187 Å². The summed E-state index contributed by atoms with van der Waals surface area (Å²) in [6.07, 6.45) is -1.52. The van der Waals surface area contributed by atoms with Crippen LogP contribution in [-0.2, 0) is 38.1 Å². The molecule has 0 aromatic rings. The Morgan fingerprint density at radius 2 is 1.06 bits per heavy atom. The van der Waals surface area contributed by atoms with Gasteiger partial charge in [-0.25, -0.2) is 4.79 Å². The van der Waals surface area contributed by atoms with Gasteiger partial charge in [0.1, 0.15) is 5.41 Å². The van der Waals surface area contributed by atoms with Crippen LogP contribution >= 0.6 is 0 Å². The monoisotopic (exact) mass is 446 g/mol. The summed E-state index contributed by atoms with van der Waals surface area (Å²) in [7, 11) is 0. The van der Waals surface area contributed by atoms with Gasteiger partial charge in [0, 0.05) is 0 Å². The van der Waals surface area contributed by atoms with E-state index in [-0.39, 0.29) is 12.7 Å². The highest BCUT2D eigenvalue weighted by atomic mass is 16.9. The first-order chi connectivity index (χ1) is 13.9. The minimum absolute atomic E-state index is 0.255. The molecule has 0 fully saturated rings. The van der Waals surface area contributed by atoms with Crippen molar-refractivity contribution in [2.75, 3.05) is 6.61 Å². The molecule has 0 bridgehead atoms. The van der Waals surface area contributed by atoms with Crippen LogP contribution in [-0.4, -0.2) is 54.7 Å². The Bertz CT molecular complexity index is 589. The Morgan fingerprint density at radius 3 is 1.35 bits per heavy atom. The second-order valence-electron chi connectivity index (χ2n) is 10.0. The number of ketones is 1. The normalized spacial score (nSPS) is 15.0. The average molecular weight is 447 g/mol. The third kappa shape index (κ3) is 8.60. The number of carbonyl (C=O) groups is 3. The minimum Gasteiger partial charge on any atom is -0.387 e. The van der Waals surface area contributed by atoms with E-state index in [9.17, 15) is 14.4 Å². The quantitative estimate of drug-likeness (QED) is 0.192. The van der Waals surface area contributed by atoms with Crippen LogP contribution in [0.2, 0.25) is 0 Å². The molecule has 0 saturated carbocycles. The van der Waals surface area contributed by atoms with Crippen molar-refractivity contribution in [1.82, 2.24) is 0 Å². The Kier molecular flexibility index (Phi) is 11.0. The molecule has 0 spiro atoms.